The summed E-state index contributed by atoms with van der Waals surface area (Å²) >= 11 is 7.13. The molecule has 4 N–H and O–H groups in total. The van der Waals surface area contributed by atoms with Crippen LogP contribution < -0.4 is 16.3 Å². The van der Waals surface area contributed by atoms with Crippen LogP contribution in [0.1, 0.15) is 0 Å². The first kappa shape index (κ1) is 12.0. The van der Waals surface area contributed by atoms with Gasteiger partial charge in [-0.2, -0.15) is 5.10 Å². The van der Waals surface area contributed by atoms with E-state index in [2.05, 4.69) is 5.10 Å². The van der Waals surface area contributed by atoms with Crippen molar-refractivity contribution in [3.63, 3.8) is 0 Å². The van der Waals surface area contributed by atoms with E-state index in [9.17, 15) is 0 Å². The van der Waals surface area contributed by atoms with E-state index in [1.54, 1.807) is 12.1 Å². The summed E-state index contributed by atoms with van der Waals surface area (Å²) in [6.45, 7) is 0.529. The SMILES string of the molecule is NN=C(N)SCCOc1cccc(Cl)c1. The summed E-state index contributed by atoms with van der Waals surface area (Å²) in [7, 11) is 0. The minimum Gasteiger partial charge on any atom is -0.493 e. The van der Waals surface area contributed by atoms with Crippen LogP contribution in [0.25, 0.3) is 0 Å². The molecule has 0 fully saturated rings. The molecule has 0 atom stereocenters. The molecule has 4 nitrogen and oxygen atoms in total. The molecular weight excluding hydrogens is 234 g/mol. The highest BCUT2D eigenvalue weighted by Crippen LogP contribution is 2.17. The topological polar surface area (TPSA) is 73.6 Å². The van der Waals surface area contributed by atoms with Crippen LogP contribution >= 0.6 is 23.4 Å². The number of hydrogen-bond acceptors (Lipinski definition) is 4. The third-order valence-electron chi connectivity index (χ3n) is 1.53. The molecule has 0 spiro atoms. The van der Waals surface area contributed by atoms with Crippen molar-refractivity contribution in [3.05, 3.63) is 29.3 Å². The van der Waals surface area contributed by atoms with E-state index in [0.29, 0.717) is 22.6 Å². The van der Waals surface area contributed by atoms with Crippen molar-refractivity contribution in [2.24, 2.45) is 16.7 Å². The molecule has 0 bridgehead atoms. The van der Waals surface area contributed by atoms with Gasteiger partial charge in [0.1, 0.15) is 5.75 Å². The Morgan fingerprint density at radius 3 is 3.00 bits per heavy atom. The molecule has 0 saturated heterocycles. The number of amidine groups is 1. The van der Waals surface area contributed by atoms with Gasteiger partial charge in [-0.25, -0.2) is 0 Å². The number of nitrogens with two attached hydrogens (primary N) is 2. The van der Waals surface area contributed by atoms with E-state index in [-0.39, 0.29) is 0 Å². The molecule has 82 valence electrons. The number of halogens is 1. The van der Waals surface area contributed by atoms with Crippen molar-refractivity contribution in [2.75, 3.05) is 12.4 Å². The molecule has 0 heterocycles. The predicted octanol–water partition coefficient (Wildman–Crippen LogP) is 1.64. The van der Waals surface area contributed by atoms with Gasteiger partial charge >= 0.3 is 0 Å². The molecule has 0 unspecified atom stereocenters. The maximum absolute atomic E-state index is 5.79. The smallest absolute Gasteiger partial charge is 0.177 e. The molecule has 0 saturated carbocycles. The Kier molecular flexibility index (Phi) is 5.14. The predicted molar refractivity (Wildman–Crippen MR) is 65.2 cm³/mol. The third-order valence-corrected chi connectivity index (χ3v) is 2.53. The fraction of sp³-hybridized carbons (Fsp3) is 0.222. The first-order chi connectivity index (χ1) is 7.22. The number of benzene rings is 1. The maximum Gasteiger partial charge on any atom is 0.177 e. The summed E-state index contributed by atoms with van der Waals surface area (Å²) in [4.78, 5) is 0. The summed E-state index contributed by atoms with van der Waals surface area (Å²) in [6, 6.07) is 7.23. The molecular formula is C9H12ClN3OS. The molecule has 0 aliphatic heterocycles. The second kappa shape index (κ2) is 6.42. The number of hydrogen-bond donors (Lipinski definition) is 2. The van der Waals surface area contributed by atoms with Gasteiger partial charge in [0.25, 0.3) is 0 Å². The van der Waals surface area contributed by atoms with Gasteiger partial charge in [0.15, 0.2) is 5.17 Å². The van der Waals surface area contributed by atoms with Crippen LogP contribution in [0.3, 0.4) is 0 Å². The zero-order valence-corrected chi connectivity index (χ0v) is 9.59. The fourth-order valence-electron chi connectivity index (χ4n) is 0.900. The van der Waals surface area contributed by atoms with Crippen LogP contribution in [0.5, 0.6) is 5.75 Å². The van der Waals surface area contributed by atoms with E-state index in [1.165, 1.54) is 11.8 Å². The molecule has 1 rings (SSSR count). The lowest BCUT2D eigenvalue weighted by atomic mass is 10.3. The first-order valence-electron chi connectivity index (χ1n) is 4.27. The van der Waals surface area contributed by atoms with E-state index < -0.39 is 0 Å². The van der Waals surface area contributed by atoms with Crippen molar-refractivity contribution in [1.29, 1.82) is 0 Å². The minimum absolute atomic E-state index is 0.352. The Labute approximate surface area is 97.6 Å². The van der Waals surface area contributed by atoms with Crippen molar-refractivity contribution in [2.45, 2.75) is 0 Å². The molecule has 1 aromatic rings. The molecule has 0 aliphatic rings. The minimum atomic E-state index is 0.352. The van der Waals surface area contributed by atoms with Crippen LogP contribution in [-0.4, -0.2) is 17.5 Å². The number of ether oxygens (including phenoxy) is 1. The summed E-state index contributed by atoms with van der Waals surface area (Å²) < 4.78 is 5.43. The Balaban J connectivity index is 2.26. The molecule has 0 amide bonds. The Hall–Kier alpha value is -1.07. The van der Waals surface area contributed by atoms with E-state index in [1.807, 2.05) is 12.1 Å². The maximum atomic E-state index is 5.79. The quantitative estimate of drug-likeness (QED) is 0.278. The zero-order valence-electron chi connectivity index (χ0n) is 8.02. The lowest BCUT2D eigenvalue weighted by Gasteiger charge is -2.05. The molecule has 15 heavy (non-hydrogen) atoms. The standard InChI is InChI=1S/C9H12ClN3OS/c10-7-2-1-3-8(6-7)14-4-5-15-9(11)13-12/h1-3,6H,4-5,12H2,(H2,11,13). The van der Waals surface area contributed by atoms with E-state index >= 15 is 0 Å². The van der Waals surface area contributed by atoms with Crippen molar-refractivity contribution < 1.29 is 4.74 Å². The van der Waals surface area contributed by atoms with Crippen molar-refractivity contribution in [1.82, 2.24) is 0 Å². The molecule has 6 heteroatoms. The average molecular weight is 246 g/mol. The van der Waals surface area contributed by atoms with Gasteiger partial charge in [-0.15, -0.1) is 0 Å². The fourth-order valence-corrected chi connectivity index (χ4v) is 1.53. The van der Waals surface area contributed by atoms with Gasteiger partial charge in [-0.05, 0) is 18.2 Å². The summed E-state index contributed by atoms with van der Waals surface area (Å²) in [5.74, 6) is 6.40. The zero-order chi connectivity index (χ0) is 11.1. The number of nitrogens with zero attached hydrogens (tertiary/aromatic N) is 1. The van der Waals surface area contributed by atoms with Gasteiger partial charge in [-0.3, -0.25) is 0 Å². The lowest BCUT2D eigenvalue weighted by Crippen LogP contribution is -2.12. The van der Waals surface area contributed by atoms with Gasteiger partial charge in [-0.1, -0.05) is 29.4 Å². The summed E-state index contributed by atoms with van der Waals surface area (Å²) in [6.07, 6.45) is 0. The average Bonchev–Trinajstić information content (AvgIpc) is 2.24. The van der Waals surface area contributed by atoms with Crippen LogP contribution in [-0.2, 0) is 0 Å². The highest BCUT2D eigenvalue weighted by atomic mass is 35.5. The largest absolute Gasteiger partial charge is 0.493 e. The number of thioether (sulfide) groups is 1. The van der Waals surface area contributed by atoms with E-state index in [0.717, 1.165) is 5.75 Å². The normalized spacial score (nSPS) is 11.4. The van der Waals surface area contributed by atoms with Gasteiger partial charge in [0, 0.05) is 10.8 Å². The molecule has 0 radical (unpaired) electrons. The monoisotopic (exact) mass is 245 g/mol. The highest BCUT2D eigenvalue weighted by molar-refractivity contribution is 8.13. The lowest BCUT2D eigenvalue weighted by molar-refractivity contribution is 0.344. The van der Waals surface area contributed by atoms with Crippen molar-refractivity contribution >= 4 is 28.5 Å². The van der Waals surface area contributed by atoms with E-state index in [4.69, 9.17) is 27.9 Å². The Morgan fingerprint density at radius 1 is 1.53 bits per heavy atom. The molecule has 0 aromatic heterocycles. The third kappa shape index (κ3) is 4.80. The van der Waals surface area contributed by atoms with Gasteiger partial charge in [0.05, 0.1) is 6.61 Å². The Morgan fingerprint density at radius 2 is 2.33 bits per heavy atom. The Bertz CT molecular complexity index is 346. The van der Waals surface area contributed by atoms with Gasteiger partial charge in [0.2, 0.25) is 0 Å². The first-order valence-corrected chi connectivity index (χ1v) is 5.63. The summed E-state index contributed by atoms with van der Waals surface area (Å²) in [5.41, 5.74) is 5.39. The number of rotatable bonds is 4. The van der Waals surface area contributed by atoms with Crippen LogP contribution in [0.2, 0.25) is 5.02 Å². The molecule has 0 aliphatic carbocycles. The van der Waals surface area contributed by atoms with Crippen LogP contribution in [0, 0.1) is 0 Å². The highest BCUT2D eigenvalue weighted by Gasteiger charge is 1.96. The van der Waals surface area contributed by atoms with Crippen LogP contribution in [0.15, 0.2) is 29.4 Å². The van der Waals surface area contributed by atoms with Crippen LogP contribution in [0.4, 0.5) is 0 Å². The van der Waals surface area contributed by atoms with Crippen molar-refractivity contribution in [3.8, 4) is 5.75 Å². The second-order valence-electron chi connectivity index (χ2n) is 2.62. The summed E-state index contributed by atoms with van der Waals surface area (Å²) in [5, 5.41) is 4.34. The molecule has 1 aromatic carbocycles. The second-order valence-corrected chi connectivity index (χ2v) is 4.17. The van der Waals surface area contributed by atoms with Gasteiger partial charge < -0.3 is 16.3 Å². The number of hydrazone groups is 1.